The number of carbonyl (C=O) groups is 3. The van der Waals surface area contributed by atoms with Gasteiger partial charge in [-0.15, -0.1) is 11.8 Å². The van der Waals surface area contributed by atoms with Gasteiger partial charge in [-0.2, -0.15) is 0 Å². The molecule has 0 aliphatic heterocycles. The number of carbonyl (C=O) groups excluding carboxylic acids is 2. The molecule has 1 aromatic rings. The van der Waals surface area contributed by atoms with Crippen LogP contribution in [0.25, 0.3) is 0 Å². The number of allylic oxidation sites excluding steroid dienone is 12. The van der Waals surface area contributed by atoms with Crippen LogP contribution in [0.15, 0.2) is 91.1 Å². The molecule has 0 fully saturated rings. The van der Waals surface area contributed by atoms with Crippen LogP contribution >= 0.6 is 11.8 Å². The predicted molar refractivity (Wildman–Crippen MR) is 198 cm³/mol. The second-order valence-corrected chi connectivity index (χ2v) is 12.3. The Morgan fingerprint density at radius 2 is 1.26 bits per heavy atom. The summed E-state index contributed by atoms with van der Waals surface area (Å²) in [5.74, 6) is -0.829. The number of unbranched alkanes of at least 4 members (excludes halogenated alkanes) is 1. The van der Waals surface area contributed by atoms with Gasteiger partial charge in [0.2, 0.25) is 5.91 Å². The van der Waals surface area contributed by atoms with Crippen molar-refractivity contribution in [2.75, 3.05) is 24.2 Å². The second kappa shape index (κ2) is 26.1. The van der Waals surface area contributed by atoms with Crippen LogP contribution in [0.4, 0.5) is 10.5 Å². The Kier molecular flexibility index (Phi) is 22.8. The molecule has 0 aliphatic carbocycles. The Hall–Kier alpha value is -3.98. The molecule has 0 saturated heterocycles. The summed E-state index contributed by atoms with van der Waals surface area (Å²) < 4.78 is -0.514. The number of rotatable bonds is 24. The van der Waals surface area contributed by atoms with Gasteiger partial charge in [-0.1, -0.05) is 93.7 Å². The van der Waals surface area contributed by atoms with E-state index in [1.165, 1.54) is 18.2 Å². The van der Waals surface area contributed by atoms with Crippen molar-refractivity contribution < 1.29 is 24.6 Å². The van der Waals surface area contributed by atoms with Gasteiger partial charge in [-0.3, -0.25) is 4.79 Å². The van der Waals surface area contributed by atoms with Gasteiger partial charge in [0.1, 0.15) is 11.3 Å². The molecule has 0 spiro atoms. The molecule has 9 heteroatoms. The molecule has 0 saturated carbocycles. The minimum absolute atomic E-state index is 0.0340. The zero-order valence-corrected chi connectivity index (χ0v) is 29.2. The summed E-state index contributed by atoms with van der Waals surface area (Å²) in [6, 6.07) is 3.24. The third-order valence-electron chi connectivity index (χ3n) is 7.23. The lowest BCUT2D eigenvalue weighted by Gasteiger charge is -2.29. The molecule has 258 valence electrons. The molecule has 0 bridgehead atoms. The fourth-order valence-corrected chi connectivity index (χ4v) is 5.74. The molecule has 5 N–H and O–H groups in total. The zero-order chi connectivity index (χ0) is 34.6. The van der Waals surface area contributed by atoms with Crippen molar-refractivity contribution in [2.45, 2.75) is 89.7 Å². The number of carboxylic acids is 1. The van der Waals surface area contributed by atoms with Gasteiger partial charge in [0.15, 0.2) is 0 Å². The molecule has 1 aromatic carbocycles. The molecule has 0 radical (unpaired) electrons. The third-order valence-corrected chi connectivity index (χ3v) is 9.04. The fraction of sp³-hybridized carbons (Fsp3) is 0.447. The Bertz CT molecular complexity index is 1250. The van der Waals surface area contributed by atoms with Crippen molar-refractivity contribution >= 4 is 35.4 Å². The molecule has 47 heavy (non-hydrogen) atoms. The van der Waals surface area contributed by atoms with Crippen LogP contribution in [0.3, 0.4) is 0 Å². The number of hydrogen-bond acceptors (Lipinski definition) is 5. The third kappa shape index (κ3) is 18.7. The van der Waals surface area contributed by atoms with E-state index in [0.717, 1.165) is 57.1 Å². The first-order chi connectivity index (χ1) is 22.8. The number of urea groups is 1. The van der Waals surface area contributed by atoms with E-state index in [1.807, 2.05) is 13.8 Å². The average molecular weight is 666 g/mol. The van der Waals surface area contributed by atoms with Crippen LogP contribution in [0.1, 0.15) is 95.3 Å². The van der Waals surface area contributed by atoms with E-state index >= 15 is 0 Å². The number of hydrogen-bond donors (Lipinski definition) is 5. The molecule has 0 heterocycles. The summed E-state index contributed by atoms with van der Waals surface area (Å²) in [5.41, 5.74) is -0.0708. The molecule has 0 atom stereocenters. The van der Waals surface area contributed by atoms with Crippen molar-refractivity contribution in [3.8, 4) is 5.75 Å². The lowest BCUT2D eigenvalue weighted by molar-refractivity contribution is -0.123. The van der Waals surface area contributed by atoms with E-state index in [-0.39, 0.29) is 36.0 Å². The molecule has 0 aromatic heterocycles. The Labute approximate surface area is 286 Å². The maximum atomic E-state index is 13.1. The summed E-state index contributed by atoms with van der Waals surface area (Å²) >= 11 is 1.69. The second-order valence-electron chi connectivity index (χ2n) is 10.8. The number of amides is 3. The highest BCUT2D eigenvalue weighted by molar-refractivity contribution is 8.01. The lowest BCUT2D eigenvalue weighted by atomic mass is 10.0. The standard InChI is InChI=1S/C38H55N3O5S/c1-4-7-8-9-10-11-12-13-14-15-16-17-18-19-20-21-22-23-24-25-30-47-38(5-2,6-3)36(45)39-28-29-40-37(46)41-32-26-27-34(42)33(31-32)35(43)44/h7-8,10-11,13-14,16-17,19-20,22-23,26-27,31,42H,4-6,9,12,15,18,21,24-25,28-30H2,1-3H3,(H,39,45)(H,43,44)(H2,40,41,46). The van der Waals surface area contributed by atoms with Crippen LogP contribution in [0, 0.1) is 0 Å². The first-order valence-corrected chi connectivity index (χ1v) is 17.7. The Morgan fingerprint density at radius 3 is 1.77 bits per heavy atom. The summed E-state index contributed by atoms with van der Waals surface area (Å²) in [4.78, 5) is 36.4. The highest BCUT2D eigenvalue weighted by Gasteiger charge is 2.34. The van der Waals surface area contributed by atoms with Crippen LogP contribution < -0.4 is 16.0 Å². The molecule has 1 rings (SSSR count). The van der Waals surface area contributed by atoms with E-state index in [9.17, 15) is 19.5 Å². The molecule has 3 amide bonds. The molecule has 0 unspecified atom stereocenters. The Morgan fingerprint density at radius 1 is 0.745 bits per heavy atom. The summed E-state index contributed by atoms with van der Waals surface area (Å²) in [6.07, 6.45) is 35.7. The summed E-state index contributed by atoms with van der Waals surface area (Å²) in [6.45, 7) is 6.67. The zero-order valence-electron chi connectivity index (χ0n) is 28.4. The minimum atomic E-state index is -1.30. The van der Waals surface area contributed by atoms with Crippen LogP contribution in [0.2, 0.25) is 0 Å². The van der Waals surface area contributed by atoms with E-state index in [4.69, 9.17) is 5.11 Å². The van der Waals surface area contributed by atoms with Crippen molar-refractivity contribution in [1.29, 1.82) is 0 Å². The monoisotopic (exact) mass is 665 g/mol. The Balaban J connectivity index is 2.23. The van der Waals surface area contributed by atoms with E-state index in [1.54, 1.807) is 11.8 Å². The smallest absolute Gasteiger partial charge is 0.339 e. The number of phenols is 1. The molecular weight excluding hydrogens is 611 g/mol. The predicted octanol–water partition coefficient (Wildman–Crippen LogP) is 9.10. The number of anilines is 1. The van der Waals surface area contributed by atoms with E-state index in [0.29, 0.717) is 12.8 Å². The van der Waals surface area contributed by atoms with Gasteiger partial charge in [0, 0.05) is 18.8 Å². The van der Waals surface area contributed by atoms with Crippen LogP contribution in [-0.2, 0) is 4.79 Å². The van der Waals surface area contributed by atoms with Crippen LogP contribution in [-0.4, -0.2) is 51.7 Å². The fourth-order valence-electron chi connectivity index (χ4n) is 4.42. The van der Waals surface area contributed by atoms with Crippen molar-refractivity contribution in [1.82, 2.24) is 10.6 Å². The normalized spacial score (nSPS) is 12.4. The maximum absolute atomic E-state index is 13.1. The number of carboxylic acid groups (broad SMARTS) is 1. The van der Waals surface area contributed by atoms with Gasteiger partial charge in [-0.05, 0) is 88.2 Å². The van der Waals surface area contributed by atoms with E-state index in [2.05, 4.69) is 95.8 Å². The van der Waals surface area contributed by atoms with Gasteiger partial charge < -0.3 is 26.2 Å². The quantitative estimate of drug-likeness (QED) is 0.0426. The van der Waals surface area contributed by atoms with Crippen molar-refractivity contribution in [3.63, 3.8) is 0 Å². The topological polar surface area (TPSA) is 128 Å². The average Bonchev–Trinajstić information content (AvgIpc) is 3.06. The number of benzene rings is 1. The van der Waals surface area contributed by atoms with Gasteiger partial charge in [-0.25, -0.2) is 9.59 Å². The van der Waals surface area contributed by atoms with E-state index < -0.39 is 16.7 Å². The summed E-state index contributed by atoms with van der Waals surface area (Å²) in [7, 11) is 0. The number of nitrogens with one attached hydrogen (secondary N) is 3. The number of aromatic carboxylic acids is 1. The lowest BCUT2D eigenvalue weighted by Crippen LogP contribution is -2.46. The summed E-state index contributed by atoms with van der Waals surface area (Å²) in [5, 5.41) is 26.8. The molecular formula is C38H55N3O5S. The number of thioether (sulfide) groups is 1. The maximum Gasteiger partial charge on any atom is 0.339 e. The minimum Gasteiger partial charge on any atom is -0.507 e. The van der Waals surface area contributed by atoms with Gasteiger partial charge in [0.05, 0.1) is 4.75 Å². The van der Waals surface area contributed by atoms with Gasteiger partial charge in [0.25, 0.3) is 0 Å². The largest absolute Gasteiger partial charge is 0.507 e. The highest BCUT2D eigenvalue weighted by Crippen LogP contribution is 2.33. The van der Waals surface area contributed by atoms with Crippen molar-refractivity contribution in [3.05, 3.63) is 96.7 Å². The molecule has 0 aliphatic rings. The first-order valence-electron chi connectivity index (χ1n) is 16.7. The first kappa shape index (κ1) is 41.0. The van der Waals surface area contributed by atoms with Crippen LogP contribution in [0.5, 0.6) is 5.75 Å². The van der Waals surface area contributed by atoms with Crippen molar-refractivity contribution in [2.24, 2.45) is 0 Å². The number of aromatic hydroxyl groups is 1. The van der Waals surface area contributed by atoms with Gasteiger partial charge >= 0.3 is 12.0 Å². The molecule has 8 nitrogen and oxygen atoms in total. The highest BCUT2D eigenvalue weighted by atomic mass is 32.2. The SMILES string of the molecule is CCC=CCC=CCC=CCC=CCC=CCC=CCCCSC(CC)(CC)C(=O)NCCNC(=O)Nc1ccc(O)c(C(=O)O)c1.